The Morgan fingerprint density at radius 1 is 1.00 bits per heavy atom. The van der Waals surface area contributed by atoms with Crippen LogP contribution in [0.4, 0.5) is 18.9 Å². The van der Waals surface area contributed by atoms with Crippen molar-refractivity contribution in [3.8, 4) is 11.8 Å². The van der Waals surface area contributed by atoms with Crippen LogP contribution in [-0.4, -0.2) is 13.3 Å². The lowest BCUT2D eigenvalue weighted by atomic mass is 9.89. The standard InChI is InChI=1S/C17H15F3N2O/c1-12-3-5-13(6-4-12)16(11-21,17(18,19)20)22-14-7-9-15(23-2)10-8-14/h3-10,22H,1-2H3/t16-/m0/s1. The summed E-state index contributed by atoms with van der Waals surface area (Å²) in [5.74, 6) is 0.514. The van der Waals surface area contributed by atoms with E-state index in [1.165, 1.54) is 49.6 Å². The summed E-state index contributed by atoms with van der Waals surface area (Å²) in [6.45, 7) is 1.77. The number of nitrogens with one attached hydrogen (secondary N) is 1. The first-order valence-corrected chi connectivity index (χ1v) is 6.80. The summed E-state index contributed by atoms with van der Waals surface area (Å²) in [4.78, 5) is 0. The van der Waals surface area contributed by atoms with E-state index < -0.39 is 11.7 Å². The smallest absolute Gasteiger partial charge is 0.429 e. The second kappa shape index (κ2) is 6.21. The summed E-state index contributed by atoms with van der Waals surface area (Å²) >= 11 is 0. The number of nitriles is 1. The van der Waals surface area contributed by atoms with E-state index in [-0.39, 0.29) is 11.3 Å². The van der Waals surface area contributed by atoms with E-state index in [0.29, 0.717) is 5.75 Å². The molecule has 0 fully saturated rings. The highest BCUT2D eigenvalue weighted by molar-refractivity contribution is 5.54. The summed E-state index contributed by atoms with van der Waals surface area (Å²) in [5, 5.41) is 11.7. The number of methoxy groups -OCH3 is 1. The number of alkyl halides is 3. The molecule has 3 nitrogen and oxygen atoms in total. The van der Waals surface area contributed by atoms with Crippen molar-refractivity contribution < 1.29 is 17.9 Å². The van der Waals surface area contributed by atoms with E-state index in [4.69, 9.17) is 4.74 Å². The van der Waals surface area contributed by atoms with Crippen LogP contribution < -0.4 is 10.1 Å². The second-order valence-corrected chi connectivity index (χ2v) is 5.08. The van der Waals surface area contributed by atoms with Gasteiger partial charge in [-0.05, 0) is 31.2 Å². The molecule has 2 aromatic carbocycles. The molecule has 6 heteroatoms. The molecular weight excluding hydrogens is 305 g/mol. The molecule has 120 valence electrons. The number of nitrogens with zero attached hydrogens (tertiary/aromatic N) is 1. The van der Waals surface area contributed by atoms with Gasteiger partial charge in [0.25, 0.3) is 0 Å². The molecule has 1 atom stereocenters. The molecule has 23 heavy (non-hydrogen) atoms. The van der Waals surface area contributed by atoms with Crippen LogP contribution in [0.1, 0.15) is 11.1 Å². The Morgan fingerprint density at radius 2 is 1.57 bits per heavy atom. The molecule has 2 rings (SSSR count). The maximum atomic E-state index is 13.7. The highest BCUT2D eigenvalue weighted by atomic mass is 19.4. The molecule has 0 bridgehead atoms. The van der Waals surface area contributed by atoms with Gasteiger partial charge in [0.2, 0.25) is 5.54 Å². The van der Waals surface area contributed by atoms with Crippen molar-refractivity contribution in [2.75, 3.05) is 12.4 Å². The van der Waals surface area contributed by atoms with Crippen LogP contribution in [0.5, 0.6) is 5.75 Å². The third kappa shape index (κ3) is 3.24. The minimum atomic E-state index is -4.79. The number of hydrogen-bond donors (Lipinski definition) is 1. The molecule has 0 saturated carbocycles. The minimum absolute atomic E-state index is 0.158. The van der Waals surface area contributed by atoms with Gasteiger partial charge in [0.05, 0.1) is 7.11 Å². The summed E-state index contributed by atoms with van der Waals surface area (Å²) in [6, 6.07) is 13.0. The summed E-state index contributed by atoms with van der Waals surface area (Å²) in [7, 11) is 1.46. The number of anilines is 1. The molecular formula is C17H15F3N2O. The van der Waals surface area contributed by atoms with E-state index in [0.717, 1.165) is 5.56 Å². The molecule has 0 amide bonds. The number of aryl methyl sites for hydroxylation is 1. The van der Waals surface area contributed by atoms with Crippen molar-refractivity contribution in [3.63, 3.8) is 0 Å². The Hall–Kier alpha value is -2.68. The molecule has 0 spiro atoms. The first-order chi connectivity index (χ1) is 10.8. The molecule has 1 N–H and O–H groups in total. The predicted molar refractivity (Wildman–Crippen MR) is 81.1 cm³/mol. The molecule has 2 aromatic rings. The number of ether oxygens (including phenoxy) is 1. The highest BCUT2D eigenvalue weighted by Crippen LogP contribution is 2.41. The zero-order valence-electron chi connectivity index (χ0n) is 12.6. The van der Waals surface area contributed by atoms with Crippen molar-refractivity contribution in [2.45, 2.75) is 18.6 Å². The van der Waals surface area contributed by atoms with Gasteiger partial charge in [-0.25, -0.2) is 0 Å². The fraction of sp³-hybridized carbons (Fsp3) is 0.235. The van der Waals surface area contributed by atoms with E-state index >= 15 is 0 Å². The van der Waals surface area contributed by atoms with Crippen LogP contribution >= 0.6 is 0 Å². The van der Waals surface area contributed by atoms with Gasteiger partial charge in [-0.15, -0.1) is 0 Å². The Bertz CT molecular complexity index is 703. The number of benzene rings is 2. The minimum Gasteiger partial charge on any atom is -0.497 e. The molecule has 0 aliphatic rings. The maximum Gasteiger partial charge on any atom is 0.429 e. The normalized spacial score (nSPS) is 13.7. The number of hydrogen-bond acceptors (Lipinski definition) is 3. The van der Waals surface area contributed by atoms with Gasteiger partial charge in [0, 0.05) is 11.3 Å². The van der Waals surface area contributed by atoms with Crippen molar-refractivity contribution in [2.24, 2.45) is 0 Å². The van der Waals surface area contributed by atoms with Crippen LogP contribution in [-0.2, 0) is 5.54 Å². The van der Waals surface area contributed by atoms with Crippen LogP contribution in [0.15, 0.2) is 48.5 Å². The Morgan fingerprint density at radius 3 is 2.00 bits per heavy atom. The SMILES string of the molecule is COc1ccc(N[C@@](C#N)(c2ccc(C)cc2)C(F)(F)F)cc1. The first-order valence-electron chi connectivity index (χ1n) is 6.80. The topological polar surface area (TPSA) is 45.0 Å². The summed E-state index contributed by atoms with van der Waals surface area (Å²) in [5.41, 5.74) is -2.00. The van der Waals surface area contributed by atoms with Gasteiger partial charge in [-0.3, -0.25) is 0 Å². The van der Waals surface area contributed by atoms with Gasteiger partial charge in [-0.2, -0.15) is 18.4 Å². The van der Waals surface area contributed by atoms with Gasteiger partial charge in [0.1, 0.15) is 11.8 Å². The number of halogens is 3. The highest BCUT2D eigenvalue weighted by Gasteiger charge is 2.57. The van der Waals surface area contributed by atoms with Crippen molar-refractivity contribution in [3.05, 3.63) is 59.7 Å². The zero-order valence-corrected chi connectivity index (χ0v) is 12.6. The van der Waals surface area contributed by atoms with Crippen molar-refractivity contribution in [1.82, 2.24) is 0 Å². The van der Waals surface area contributed by atoms with Gasteiger partial charge < -0.3 is 10.1 Å². The fourth-order valence-corrected chi connectivity index (χ4v) is 2.16. The van der Waals surface area contributed by atoms with Crippen LogP contribution in [0.2, 0.25) is 0 Å². The molecule has 0 saturated heterocycles. The molecule has 0 aliphatic carbocycles. The van der Waals surface area contributed by atoms with E-state index in [1.54, 1.807) is 19.1 Å². The third-order valence-electron chi connectivity index (χ3n) is 3.50. The first kappa shape index (κ1) is 16.7. The Labute approximate surface area is 132 Å². The lowest BCUT2D eigenvalue weighted by Crippen LogP contribution is -2.47. The van der Waals surface area contributed by atoms with Gasteiger partial charge in [0.15, 0.2) is 0 Å². The van der Waals surface area contributed by atoms with E-state index in [2.05, 4.69) is 5.32 Å². The van der Waals surface area contributed by atoms with Gasteiger partial charge >= 0.3 is 6.18 Å². The third-order valence-corrected chi connectivity index (χ3v) is 3.50. The monoisotopic (exact) mass is 320 g/mol. The lowest BCUT2D eigenvalue weighted by Gasteiger charge is -2.31. The van der Waals surface area contributed by atoms with Crippen LogP contribution in [0.25, 0.3) is 0 Å². The largest absolute Gasteiger partial charge is 0.497 e. The molecule has 0 unspecified atom stereocenters. The fourth-order valence-electron chi connectivity index (χ4n) is 2.16. The predicted octanol–water partition coefficient (Wildman–Crippen LogP) is 4.40. The molecule has 0 heterocycles. The molecule has 0 radical (unpaired) electrons. The number of rotatable bonds is 4. The van der Waals surface area contributed by atoms with Crippen LogP contribution in [0, 0.1) is 18.3 Å². The maximum absolute atomic E-state index is 13.7. The average molecular weight is 320 g/mol. The Balaban J connectivity index is 2.49. The molecule has 0 aromatic heterocycles. The summed E-state index contributed by atoms with van der Waals surface area (Å²) in [6.07, 6.45) is -4.79. The van der Waals surface area contributed by atoms with E-state index in [1.807, 2.05) is 0 Å². The zero-order chi connectivity index (χ0) is 17.1. The van der Waals surface area contributed by atoms with Crippen molar-refractivity contribution in [1.29, 1.82) is 5.26 Å². The van der Waals surface area contributed by atoms with Crippen molar-refractivity contribution >= 4 is 5.69 Å². The summed E-state index contributed by atoms with van der Waals surface area (Å²) < 4.78 is 46.0. The second-order valence-electron chi connectivity index (χ2n) is 5.08. The van der Waals surface area contributed by atoms with Crippen LogP contribution in [0.3, 0.4) is 0 Å². The molecule has 0 aliphatic heterocycles. The van der Waals surface area contributed by atoms with Gasteiger partial charge in [-0.1, -0.05) is 29.8 Å². The lowest BCUT2D eigenvalue weighted by molar-refractivity contribution is -0.165. The average Bonchev–Trinajstić information content (AvgIpc) is 2.53. The Kier molecular flexibility index (Phi) is 4.50. The quantitative estimate of drug-likeness (QED) is 0.908. The van der Waals surface area contributed by atoms with E-state index in [9.17, 15) is 18.4 Å².